The third-order valence-corrected chi connectivity index (χ3v) is 6.71. The van der Waals surface area contributed by atoms with Crippen LogP contribution in [0.25, 0.3) is 11.4 Å². The van der Waals surface area contributed by atoms with Crippen LogP contribution in [0.1, 0.15) is 56.1 Å². The number of hydrogen-bond acceptors (Lipinski definition) is 4. The second-order valence-electron chi connectivity index (χ2n) is 9.91. The van der Waals surface area contributed by atoms with Crippen LogP contribution in [0.2, 0.25) is 0 Å². The van der Waals surface area contributed by atoms with Gasteiger partial charge in [-0.05, 0) is 55.7 Å². The quantitative estimate of drug-likeness (QED) is 0.154. The number of nitrogens with zero attached hydrogens (tertiary/aromatic N) is 3. The molecule has 8 heteroatoms. The molecule has 0 N–H and O–H groups in total. The van der Waals surface area contributed by atoms with E-state index in [0.29, 0.717) is 44.2 Å². The van der Waals surface area contributed by atoms with Crippen LogP contribution >= 0.6 is 0 Å². The molecule has 0 unspecified atom stereocenters. The topological polar surface area (TPSA) is 39.5 Å². The lowest BCUT2D eigenvalue weighted by Crippen LogP contribution is -2.26. The summed E-state index contributed by atoms with van der Waals surface area (Å²) >= 11 is 0. The Hall–Kier alpha value is -3.78. The van der Waals surface area contributed by atoms with Gasteiger partial charge in [0, 0.05) is 31.7 Å². The van der Waals surface area contributed by atoms with E-state index in [2.05, 4.69) is 4.98 Å². The van der Waals surface area contributed by atoms with Crippen molar-refractivity contribution in [2.45, 2.75) is 66.0 Å². The summed E-state index contributed by atoms with van der Waals surface area (Å²) in [5.41, 5.74) is 1.91. The minimum absolute atomic E-state index is 0.0656. The van der Waals surface area contributed by atoms with Crippen molar-refractivity contribution in [2.75, 3.05) is 13.2 Å². The Morgan fingerprint density at radius 1 is 0.756 bits per heavy atom. The van der Waals surface area contributed by atoms with Crippen molar-refractivity contribution in [1.29, 1.82) is 0 Å². The van der Waals surface area contributed by atoms with Gasteiger partial charge in [0.1, 0.15) is 17.3 Å². The molecule has 0 saturated carbocycles. The van der Waals surface area contributed by atoms with Gasteiger partial charge in [-0.25, -0.2) is 4.98 Å². The zero-order valence-corrected chi connectivity index (χ0v) is 24.0. The molecule has 0 aliphatic heterocycles. The molecule has 3 aromatic carbocycles. The maximum Gasteiger partial charge on any atom is 0.435 e. The summed E-state index contributed by atoms with van der Waals surface area (Å²) in [4.78, 5) is 6.25. The lowest BCUT2D eigenvalue weighted by Gasteiger charge is -2.25. The third kappa shape index (κ3) is 8.13. The van der Waals surface area contributed by atoms with E-state index >= 15 is 0 Å². The molecule has 218 valence electrons. The predicted molar refractivity (Wildman–Crippen MR) is 156 cm³/mol. The second-order valence-corrected chi connectivity index (χ2v) is 9.91. The zero-order valence-electron chi connectivity index (χ0n) is 24.0. The summed E-state index contributed by atoms with van der Waals surface area (Å²) in [6, 6.07) is 24.5. The molecule has 0 fully saturated rings. The van der Waals surface area contributed by atoms with E-state index in [1.54, 1.807) is 4.57 Å². The number of alkyl halides is 3. The maximum atomic E-state index is 14.5. The molecule has 4 rings (SSSR count). The number of halogens is 3. The molecule has 0 radical (unpaired) electrons. The van der Waals surface area contributed by atoms with Crippen LogP contribution in [0.15, 0.2) is 78.9 Å². The molecule has 0 amide bonds. The Morgan fingerprint density at radius 2 is 1.34 bits per heavy atom. The third-order valence-electron chi connectivity index (χ3n) is 6.71. The van der Waals surface area contributed by atoms with E-state index in [1.807, 2.05) is 105 Å². The van der Waals surface area contributed by atoms with Gasteiger partial charge in [-0.15, -0.1) is 0 Å². The van der Waals surface area contributed by atoms with Gasteiger partial charge in [-0.3, -0.25) is 4.90 Å². The van der Waals surface area contributed by atoms with Crippen LogP contribution in [0.5, 0.6) is 11.5 Å². The van der Waals surface area contributed by atoms with E-state index in [9.17, 15) is 13.2 Å². The van der Waals surface area contributed by atoms with Gasteiger partial charge in [-0.1, -0.05) is 67.9 Å². The Kier molecular flexibility index (Phi) is 10.5. The Morgan fingerprint density at radius 3 is 1.85 bits per heavy atom. The number of benzene rings is 3. The van der Waals surface area contributed by atoms with Gasteiger partial charge in [0.05, 0.1) is 18.9 Å². The van der Waals surface area contributed by atoms with Gasteiger partial charge in [0.2, 0.25) is 0 Å². The summed E-state index contributed by atoms with van der Waals surface area (Å²) in [6.45, 7) is 8.31. The van der Waals surface area contributed by atoms with Crippen LogP contribution in [0, 0.1) is 0 Å². The van der Waals surface area contributed by atoms with Gasteiger partial charge in [0.25, 0.3) is 0 Å². The molecular weight excluding hydrogens is 527 g/mol. The average Bonchev–Trinajstić information content (AvgIpc) is 3.31. The first-order valence-corrected chi connectivity index (χ1v) is 14.2. The smallest absolute Gasteiger partial charge is 0.435 e. The van der Waals surface area contributed by atoms with Crippen molar-refractivity contribution in [3.05, 3.63) is 101 Å². The van der Waals surface area contributed by atoms with Gasteiger partial charge < -0.3 is 14.0 Å². The molecule has 0 aliphatic rings. The molecule has 0 spiro atoms. The van der Waals surface area contributed by atoms with Crippen molar-refractivity contribution in [3.63, 3.8) is 0 Å². The second kappa shape index (κ2) is 14.2. The Labute approximate surface area is 240 Å². The molecule has 0 saturated heterocycles. The number of aromatic nitrogens is 2. The minimum atomic E-state index is -4.59. The molecule has 0 atom stereocenters. The Balaban J connectivity index is 1.78. The molecule has 41 heavy (non-hydrogen) atoms. The predicted octanol–water partition coefficient (Wildman–Crippen LogP) is 8.37. The highest BCUT2D eigenvalue weighted by atomic mass is 19.4. The van der Waals surface area contributed by atoms with Crippen LogP contribution in [-0.2, 0) is 32.4 Å². The molecule has 1 aromatic heterocycles. The summed E-state index contributed by atoms with van der Waals surface area (Å²) < 4.78 is 56.7. The van der Waals surface area contributed by atoms with E-state index in [4.69, 9.17) is 9.47 Å². The molecule has 5 nitrogen and oxygen atoms in total. The van der Waals surface area contributed by atoms with E-state index in [-0.39, 0.29) is 12.2 Å². The van der Waals surface area contributed by atoms with Crippen molar-refractivity contribution in [3.8, 4) is 22.9 Å². The molecule has 0 bridgehead atoms. The fourth-order valence-corrected chi connectivity index (χ4v) is 4.93. The average molecular weight is 566 g/mol. The van der Waals surface area contributed by atoms with Crippen LogP contribution in [-0.4, -0.2) is 27.7 Å². The van der Waals surface area contributed by atoms with Gasteiger partial charge >= 0.3 is 6.18 Å². The van der Waals surface area contributed by atoms with E-state index in [1.165, 1.54) is 0 Å². The monoisotopic (exact) mass is 565 g/mol. The fraction of sp³-hybridized carbons (Fsp3) is 0.364. The highest BCUT2D eigenvalue weighted by Crippen LogP contribution is 2.36. The highest BCUT2D eigenvalue weighted by molar-refractivity contribution is 5.57. The number of unbranched alkanes of at least 4 members (excludes halogenated alkanes) is 1. The highest BCUT2D eigenvalue weighted by Gasteiger charge is 2.39. The number of imidazole rings is 1. The minimum Gasteiger partial charge on any atom is -0.494 e. The van der Waals surface area contributed by atoms with Gasteiger partial charge in [-0.2, -0.15) is 13.2 Å². The lowest BCUT2D eigenvalue weighted by atomic mass is 10.1. The van der Waals surface area contributed by atoms with Crippen LogP contribution in [0.3, 0.4) is 0 Å². The molecule has 4 aromatic rings. The number of ether oxygens (including phenoxy) is 2. The van der Waals surface area contributed by atoms with Crippen molar-refractivity contribution >= 4 is 0 Å². The van der Waals surface area contributed by atoms with Crippen molar-refractivity contribution in [2.24, 2.45) is 0 Å². The largest absolute Gasteiger partial charge is 0.494 e. The summed E-state index contributed by atoms with van der Waals surface area (Å²) in [5, 5.41) is 0. The zero-order chi connectivity index (χ0) is 29.2. The standard InChI is InChI=1S/C33H38F3N3O2/c1-4-7-19-39-30(31(33(34,35)36)37-32(39)27-15-9-8-10-16-27)24-38(22-25-13-11-17-28(20-25)40-5-2)23-26-14-12-18-29(21-26)41-6-3/h8-18,20-21H,4-7,19,22-24H2,1-3H3. The molecule has 0 aliphatic carbocycles. The number of hydrogen-bond donors (Lipinski definition) is 0. The summed E-state index contributed by atoms with van der Waals surface area (Å²) in [7, 11) is 0. The SMILES string of the molecule is CCCCn1c(-c2ccccc2)nc(C(F)(F)F)c1CN(Cc1cccc(OCC)c1)Cc1cccc(OCC)c1. The van der Waals surface area contributed by atoms with E-state index in [0.717, 1.165) is 35.5 Å². The normalized spacial score (nSPS) is 11.7. The van der Waals surface area contributed by atoms with E-state index < -0.39 is 11.9 Å². The molecular formula is C33H38F3N3O2. The first-order chi connectivity index (χ1) is 19.8. The van der Waals surface area contributed by atoms with Gasteiger partial charge in [0.15, 0.2) is 5.69 Å². The molecule has 1 heterocycles. The van der Waals surface area contributed by atoms with Crippen molar-refractivity contribution < 1.29 is 22.6 Å². The first kappa shape index (κ1) is 30.2. The summed E-state index contributed by atoms with van der Waals surface area (Å²) in [5.74, 6) is 1.82. The summed E-state index contributed by atoms with van der Waals surface area (Å²) in [6.07, 6.45) is -3.00. The Bertz CT molecular complexity index is 1330. The van der Waals surface area contributed by atoms with Crippen LogP contribution in [0.4, 0.5) is 13.2 Å². The lowest BCUT2D eigenvalue weighted by molar-refractivity contribution is -0.141. The maximum absolute atomic E-state index is 14.5. The van der Waals surface area contributed by atoms with Crippen molar-refractivity contribution in [1.82, 2.24) is 14.5 Å². The fourth-order valence-electron chi connectivity index (χ4n) is 4.93. The first-order valence-electron chi connectivity index (χ1n) is 14.2. The number of rotatable bonds is 14. The van der Waals surface area contributed by atoms with Crippen LogP contribution < -0.4 is 9.47 Å².